The molecule has 0 amide bonds. The second kappa shape index (κ2) is 12.8. The average molecular weight is 562 g/mol. The van der Waals surface area contributed by atoms with Gasteiger partial charge in [0.15, 0.2) is 0 Å². The maximum atomic E-state index is 2.47. The molecule has 0 saturated heterocycles. The minimum Gasteiger partial charge on any atom is -1.00 e. The van der Waals surface area contributed by atoms with Crippen LogP contribution in [0.3, 0.4) is 0 Å². The van der Waals surface area contributed by atoms with Crippen LogP contribution < -0.4 is 52.8 Å². The van der Waals surface area contributed by atoms with E-state index in [1.54, 1.807) is 10.8 Å². The molecule has 1 aliphatic rings. The molecule has 3 aromatic rings. The summed E-state index contributed by atoms with van der Waals surface area (Å²) in [5, 5.41) is 6.17. The summed E-state index contributed by atoms with van der Waals surface area (Å²) in [4.78, 5) is 0. The summed E-state index contributed by atoms with van der Waals surface area (Å²) in [6, 6.07) is 28.0. The van der Waals surface area contributed by atoms with Crippen LogP contribution in [-0.2, 0) is 20.4 Å². The molecular formula is C29H31Cl3SiTi. The van der Waals surface area contributed by atoms with Gasteiger partial charge in [-0.05, 0) is 0 Å². The first-order valence-corrected chi connectivity index (χ1v) is 14.0. The maximum absolute atomic E-state index is 2.47. The number of rotatable bonds is 5. The van der Waals surface area contributed by atoms with Gasteiger partial charge in [0.05, 0.1) is 0 Å². The van der Waals surface area contributed by atoms with E-state index in [0.717, 1.165) is 6.42 Å². The van der Waals surface area contributed by atoms with Crippen molar-refractivity contribution in [3.8, 4) is 0 Å². The zero-order valence-electron chi connectivity index (χ0n) is 20.4. The van der Waals surface area contributed by atoms with E-state index in [1.807, 2.05) is 0 Å². The Morgan fingerprint density at radius 2 is 1.06 bits per heavy atom. The third kappa shape index (κ3) is 5.67. The van der Waals surface area contributed by atoms with Crippen molar-refractivity contribution in [2.75, 3.05) is 0 Å². The number of benzene rings is 3. The van der Waals surface area contributed by atoms with Crippen LogP contribution in [0.5, 0.6) is 0 Å². The van der Waals surface area contributed by atoms with Crippen LogP contribution in [-0.4, -0.2) is 8.07 Å². The van der Waals surface area contributed by atoms with Gasteiger partial charge in [-0.25, -0.2) is 0 Å². The van der Waals surface area contributed by atoms with Crippen LogP contribution >= 0.6 is 0 Å². The molecule has 0 saturated carbocycles. The molecule has 0 spiro atoms. The number of hydrogen-bond acceptors (Lipinski definition) is 0. The molecule has 0 nitrogen and oxygen atoms in total. The molecule has 0 aromatic heterocycles. The smallest absolute Gasteiger partial charge is 1.00 e. The van der Waals surface area contributed by atoms with Gasteiger partial charge in [0, 0.05) is 0 Å². The Bertz CT molecular complexity index is 1090. The summed E-state index contributed by atoms with van der Waals surface area (Å²) < 4.78 is 1.47. The first-order valence-electron chi connectivity index (χ1n) is 11.2. The largest absolute Gasteiger partial charge is 1.00 e. The molecule has 0 fully saturated rings. The molecule has 34 heavy (non-hydrogen) atoms. The van der Waals surface area contributed by atoms with E-state index in [4.69, 9.17) is 0 Å². The molecular weight excluding hydrogens is 531 g/mol. The minimum absolute atomic E-state index is 0. The van der Waals surface area contributed by atoms with Crippen LogP contribution in [0.2, 0.25) is 0 Å². The van der Waals surface area contributed by atoms with Gasteiger partial charge in [0.2, 0.25) is 0 Å². The monoisotopic (exact) mass is 560 g/mol. The van der Waals surface area contributed by atoms with Crippen molar-refractivity contribution >= 4 is 23.6 Å². The zero-order valence-corrected chi connectivity index (χ0v) is 25.3. The van der Waals surface area contributed by atoms with E-state index in [-0.39, 0.29) is 37.2 Å². The molecule has 0 N–H and O–H groups in total. The number of hydrogen-bond donors (Lipinski definition) is 0. The summed E-state index contributed by atoms with van der Waals surface area (Å²) in [7, 11) is -2.43. The Balaban J connectivity index is 0.00000193. The van der Waals surface area contributed by atoms with Crippen molar-refractivity contribution in [1.29, 1.82) is 0 Å². The summed E-state index contributed by atoms with van der Waals surface area (Å²) in [5.74, 6) is 0.514. The Morgan fingerprint density at radius 3 is 1.38 bits per heavy atom. The van der Waals surface area contributed by atoms with Crippen molar-refractivity contribution in [1.82, 2.24) is 0 Å². The Morgan fingerprint density at radius 1 is 0.676 bits per heavy atom. The van der Waals surface area contributed by atoms with E-state index >= 15 is 0 Å². The fourth-order valence-electron chi connectivity index (χ4n) is 5.26. The molecule has 0 bridgehead atoms. The second-order valence-electron chi connectivity index (χ2n) is 9.23. The third-order valence-corrected chi connectivity index (χ3v) is 12.2. The first-order chi connectivity index (χ1) is 14.8. The fourth-order valence-corrected chi connectivity index (χ4v) is 12.0. The van der Waals surface area contributed by atoms with Crippen LogP contribution in [0.15, 0.2) is 93.5 Å². The maximum Gasteiger partial charge on any atom is -1.00 e. The van der Waals surface area contributed by atoms with E-state index < -0.39 is 8.07 Å². The quantitative estimate of drug-likeness (QED) is 0.223. The van der Waals surface area contributed by atoms with Gasteiger partial charge in [0.25, 0.3) is 0 Å². The van der Waals surface area contributed by atoms with Gasteiger partial charge in [0.1, 0.15) is 0 Å². The van der Waals surface area contributed by atoms with Crippen molar-refractivity contribution in [3.63, 3.8) is 0 Å². The molecule has 176 valence electrons. The molecule has 0 aliphatic heterocycles. The van der Waals surface area contributed by atoms with Crippen LogP contribution in [0.1, 0.15) is 37.0 Å². The standard InChI is InChI=1S/C29H31Si.3ClH.Ti/c1-21(2)28-16-9-17-29(28)30(25-13-6-10-22(3)18-25,26-14-7-11-23(4)19-26)27-15-8-12-24(5)20-27;;;;/h6-15,18-21H,17H2,1-5H3;3*1H;/q;;;;+3/p-3. The predicted molar refractivity (Wildman–Crippen MR) is 133 cm³/mol. The number of allylic oxidation sites excluding steroid dienone is 4. The predicted octanol–water partition coefficient (Wildman–Crippen LogP) is -3.58. The first kappa shape index (κ1) is 31.0. The van der Waals surface area contributed by atoms with E-state index in [2.05, 4.69) is 134 Å². The van der Waals surface area contributed by atoms with Gasteiger partial charge < -0.3 is 37.2 Å². The van der Waals surface area contributed by atoms with Gasteiger partial charge in [-0.15, -0.1) is 0 Å². The molecule has 0 unspecified atom stereocenters. The zero-order chi connectivity index (χ0) is 22.2. The Kier molecular flexibility index (Phi) is 11.6. The Hall–Kier alpha value is -1.06. The molecule has 4 rings (SSSR count). The Labute approximate surface area is 237 Å². The molecule has 1 aliphatic carbocycles. The summed E-state index contributed by atoms with van der Waals surface area (Å²) in [6.07, 6.45) is 3.52. The van der Waals surface area contributed by atoms with Crippen molar-refractivity contribution in [2.24, 2.45) is 5.92 Å². The van der Waals surface area contributed by atoms with Crippen LogP contribution in [0.25, 0.3) is 0 Å². The molecule has 0 atom stereocenters. The minimum atomic E-state index is -2.43. The second-order valence-corrected chi connectivity index (χ2v) is 13.9. The molecule has 0 heterocycles. The SMILES string of the molecule is Cc1cccc([Si](C2=C(C(C)C)[C]([Ti+3])=CC2)(c2cccc(C)c2)c2cccc(C)c2)c1.[Cl-].[Cl-].[Cl-]. The van der Waals surface area contributed by atoms with E-state index in [0.29, 0.717) is 5.92 Å². The third-order valence-electron chi connectivity index (χ3n) is 6.51. The van der Waals surface area contributed by atoms with Crippen LogP contribution in [0.4, 0.5) is 0 Å². The summed E-state index contributed by atoms with van der Waals surface area (Å²) >= 11 is 2.31. The number of aryl methyl sites for hydroxylation is 3. The van der Waals surface area contributed by atoms with E-state index in [1.165, 1.54) is 36.1 Å². The van der Waals surface area contributed by atoms with Gasteiger partial charge >= 0.3 is 201 Å². The van der Waals surface area contributed by atoms with Crippen molar-refractivity contribution in [3.05, 3.63) is 110 Å². The van der Waals surface area contributed by atoms with Gasteiger partial charge in [-0.3, -0.25) is 0 Å². The van der Waals surface area contributed by atoms with Crippen LogP contribution in [0, 0.1) is 26.7 Å². The van der Waals surface area contributed by atoms with E-state index in [9.17, 15) is 0 Å². The molecule has 5 heteroatoms. The van der Waals surface area contributed by atoms with Gasteiger partial charge in [-0.1, -0.05) is 0 Å². The molecule has 3 aromatic carbocycles. The normalized spacial score (nSPS) is 13.1. The van der Waals surface area contributed by atoms with Gasteiger partial charge in [-0.2, -0.15) is 0 Å². The summed E-state index contributed by atoms with van der Waals surface area (Å²) in [6.45, 7) is 11.4. The molecule has 0 radical (unpaired) electrons. The number of halogens is 3. The average Bonchev–Trinajstić information content (AvgIpc) is 3.11. The fraction of sp³-hybridized carbons (Fsp3) is 0.241. The topological polar surface area (TPSA) is 0 Å². The van der Waals surface area contributed by atoms with Crippen molar-refractivity contribution < 1.29 is 57.7 Å². The summed E-state index contributed by atoms with van der Waals surface area (Å²) in [5.41, 5.74) is 5.59. The van der Waals surface area contributed by atoms with Crippen molar-refractivity contribution in [2.45, 2.75) is 41.0 Å².